The lowest BCUT2D eigenvalue weighted by molar-refractivity contribution is -0.713. The zero-order chi connectivity index (χ0) is 22.7. The van der Waals surface area contributed by atoms with E-state index in [1.54, 1.807) is 13.0 Å². The minimum absolute atomic E-state index is 0.0936. The number of rotatable bonds is 8. The molecule has 174 valence electrons. The summed E-state index contributed by atoms with van der Waals surface area (Å²) in [6.45, 7) is 7.76. The highest BCUT2D eigenvalue weighted by molar-refractivity contribution is 5.91. The third-order valence-electron chi connectivity index (χ3n) is 6.74. The number of aliphatic hydroxyl groups is 1. The molecule has 7 nitrogen and oxygen atoms in total. The zero-order valence-electron chi connectivity index (χ0n) is 19.3. The maximum Gasteiger partial charge on any atom is 0.394 e. The van der Waals surface area contributed by atoms with Crippen LogP contribution in [0.25, 0.3) is 0 Å². The summed E-state index contributed by atoms with van der Waals surface area (Å²) in [6, 6.07) is 0.252. The van der Waals surface area contributed by atoms with Crippen LogP contribution in [0.3, 0.4) is 0 Å². The van der Waals surface area contributed by atoms with Gasteiger partial charge in [-0.2, -0.15) is 0 Å². The Morgan fingerprint density at radius 2 is 2.41 bits per heavy atom. The lowest BCUT2D eigenvalue weighted by Crippen LogP contribution is -2.58. The molecular formula is C25H36N3O4+. The molecule has 0 bridgehead atoms. The molecule has 0 saturated heterocycles. The van der Waals surface area contributed by atoms with Gasteiger partial charge in [0.1, 0.15) is 17.9 Å². The largest absolute Gasteiger partial charge is 0.458 e. The first-order chi connectivity index (χ1) is 15.5. The van der Waals surface area contributed by atoms with Crippen molar-refractivity contribution in [2.75, 3.05) is 11.9 Å². The number of aliphatic hydroxyl groups excluding tert-OH is 1. The lowest BCUT2D eigenvalue weighted by Gasteiger charge is -2.38. The van der Waals surface area contributed by atoms with Gasteiger partial charge in [0.2, 0.25) is 0 Å². The van der Waals surface area contributed by atoms with Gasteiger partial charge < -0.3 is 14.6 Å². The van der Waals surface area contributed by atoms with Crippen molar-refractivity contribution in [2.45, 2.75) is 95.6 Å². The van der Waals surface area contributed by atoms with Crippen LogP contribution in [0.5, 0.6) is 0 Å². The normalized spacial score (nSPS) is 26.8. The van der Waals surface area contributed by atoms with Crippen molar-refractivity contribution in [3.8, 4) is 0 Å². The van der Waals surface area contributed by atoms with E-state index in [0.717, 1.165) is 62.3 Å². The Kier molecular flexibility index (Phi) is 6.96. The topological polar surface area (TPSA) is 84.6 Å². The number of anilines is 1. The van der Waals surface area contributed by atoms with Gasteiger partial charge in [-0.3, -0.25) is 0 Å². The van der Waals surface area contributed by atoms with Gasteiger partial charge in [-0.25, -0.2) is 14.7 Å². The van der Waals surface area contributed by atoms with Gasteiger partial charge in [0.05, 0.1) is 23.9 Å². The molecule has 3 aliphatic heterocycles. The number of hydrogen-bond acceptors (Lipinski definition) is 6. The molecule has 4 heterocycles. The number of carbonyl (C=O) groups is 1. The highest BCUT2D eigenvalue weighted by atomic mass is 16.5. The second-order valence-corrected chi connectivity index (χ2v) is 9.25. The molecule has 1 spiro atoms. The molecule has 4 rings (SSSR count). The molecule has 4 atom stereocenters. The molecule has 0 aliphatic carbocycles. The van der Waals surface area contributed by atoms with Crippen LogP contribution in [0.2, 0.25) is 0 Å². The molecule has 0 unspecified atom stereocenters. The first-order valence-electron chi connectivity index (χ1n) is 12.0. The van der Waals surface area contributed by atoms with Gasteiger partial charge in [-0.05, 0) is 39.0 Å². The second-order valence-electron chi connectivity index (χ2n) is 9.25. The molecule has 0 saturated carbocycles. The Bertz CT molecular complexity index is 898. The van der Waals surface area contributed by atoms with Crippen LogP contribution in [-0.2, 0) is 22.3 Å². The highest BCUT2D eigenvalue weighted by Gasteiger charge is 2.50. The molecule has 1 aromatic heterocycles. The number of nitrogens with zero attached hydrogens (tertiary/aromatic N) is 2. The number of aryl methyl sites for hydroxylation is 1. The van der Waals surface area contributed by atoms with E-state index in [0.29, 0.717) is 18.4 Å². The number of hydrogen-bond donors (Lipinski definition) is 2. The third kappa shape index (κ3) is 4.59. The Labute approximate surface area is 190 Å². The van der Waals surface area contributed by atoms with E-state index in [1.165, 1.54) is 0 Å². The fourth-order valence-electron chi connectivity index (χ4n) is 5.24. The maximum atomic E-state index is 13.0. The summed E-state index contributed by atoms with van der Waals surface area (Å²) >= 11 is 0. The molecule has 3 aliphatic rings. The fourth-order valence-corrected chi connectivity index (χ4v) is 5.24. The Morgan fingerprint density at radius 3 is 3.16 bits per heavy atom. The lowest BCUT2D eigenvalue weighted by atomic mass is 9.95. The van der Waals surface area contributed by atoms with E-state index in [2.05, 4.69) is 35.5 Å². The van der Waals surface area contributed by atoms with Crippen LogP contribution in [0.15, 0.2) is 24.8 Å². The Hall–Kier alpha value is -2.25. The van der Waals surface area contributed by atoms with Crippen LogP contribution in [0, 0.1) is 0 Å². The number of allylic oxidation sites excluding steroid dienone is 1. The van der Waals surface area contributed by atoms with Crippen molar-refractivity contribution in [1.82, 2.24) is 4.98 Å². The summed E-state index contributed by atoms with van der Waals surface area (Å²) in [4.78, 5) is 18.0. The van der Waals surface area contributed by atoms with E-state index in [1.807, 2.05) is 0 Å². The third-order valence-corrected chi connectivity index (χ3v) is 6.74. The number of ether oxygens (including phenoxy) is 2. The smallest absolute Gasteiger partial charge is 0.394 e. The van der Waals surface area contributed by atoms with Crippen molar-refractivity contribution < 1.29 is 23.9 Å². The summed E-state index contributed by atoms with van der Waals surface area (Å²) in [5.74, 6) is 0.453. The van der Waals surface area contributed by atoms with Crippen LogP contribution in [0.1, 0.15) is 86.6 Å². The van der Waals surface area contributed by atoms with Gasteiger partial charge in [-0.1, -0.05) is 36.7 Å². The van der Waals surface area contributed by atoms with E-state index >= 15 is 0 Å². The zero-order valence-corrected chi connectivity index (χ0v) is 19.3. The number of aromatic nitrogens is 2. The van der Waals surface area contributed by atoms with Gasteiger partial charge in [0.15, 0.2) is 5.72 Å². The van der Waals surface area contributed by atoms with Crippen molar-refractivity contribution in [3.05, 3.63) is 41.8 Å². The first kappa shape index (κ1) is 22.9. The summed E-state index contributed by atoms with van der Waals surface area (Å²) in [5.41, 5.74) is 1.90. The standard InChI is InChI=1S/C25H35N3O4/c1-4-15-31-23(30)22-20(11-8-9-17(3)29)26-24-27-25(14-7-6-10-19(5-2)32-25)16-18-12-13-21(22)28(18)24/h4,6,10,17-19,29H,1,5,7-9,11-16H2,2-3H3/p+1/t17-,18-,19-,25-/m0/s1. The number of esters is 1. The molecule has 32 heavy (non-hydrogen) atoms. The van der Waals surface area contributed by atoms with E-state index in [4.69, 9.17) is 14.5 Å². The van der Waals surface area contributed by atoms with Gasteiger partial charge >= 0.3 is 11.9 Å². The van der Waals surface area contributed by atoms with Crippen LogP contribution >= 0.6 is 0 Å². The van der Waals surface area contributed by atoms with E-state index < -0.39 is 5.72 Å². The van der Waals surface area contributed by atoms with Crippen molar-refractivity contribution in [3.63, 3.8) is 0 Å². The fraction of sp³-hybridized carbons (Fsp3) is 0.640. The van der Waals surface area contributed by atoms with Gasteiger partial charge in [-0.15, -0.1) is 0 Å². The van der Waals surface area contributed by atoms with Crippen molar-refractivity contribution in [2.24, 2.45) is 0 Å². The van der Waals surface area contributed by atoms with Crippen LogP contribution < -0.4 is 9.88 Å². The van der Waals surface area contributed by atoms with E-state index in [-0.39, 0.29) is 30.8 Å². The average molecular weight is 443 g/mol. The molecule has 7 heteroatoms. The summed E-state index contributed by atoms with van der Waals surface area (Å²) < 4.78 is 14.2. The minimum atomic E-state index is -0.439. The van der Waals surface area contributed by atoms with Crippen LogP contribution in [0.4, 0.5) is 5.95 Å². The molecule has 0 radical (unpaired) electrons. The Balaban J connectivity index is 1.71. The van der Waals surface area contributed by atoms with E-state index in [9.17, 15) is 9.90 Å². The van der Waals surface area contributed by atoms with Crippen molar-refractivity contribution in [1.29, 1.82) is 0 Å². The summed E-state index contributed by atoms with van der Waals surface area (Å²) in [5, 5.41) is 13.4. The quantitative estimate of drug-likeness (QED) is 0.364. The molecule has 2 N–H and O–H groups in total. The van der Waals surface area contributed by atoms with Gasteiger partial charge in [0, 0.05) is 25.7 Å². The SMILES string of the molecule is C=CCOC(=O)c1c(CCC[C@H](C)O)nc2[n+]3c1CC[C@H]3C[C@@]1(CCC=C[C@H](CC)O1)N2. The molecule has 0 amide bonds. The number of carbonyl (C=O) groups excluding carboxylic acids is 1. The molecule has 1 aromatic rings. The van der Waals surface area contributed by atoms with Gasteiger partial charge in [0.25, 0.3) is 0 Å². The number of nitrogens with one attached hydrogen (secondary N) is 1. The highest BCUT2D eigenvalue weighted by Crippen LogP contribution is 2.40. The second kappa shape index (κ2) is 9.71. The monoisotopic (exact) mass is 442 g/mol. The van der Waals surface area contributed by atoms with Crippen molar-refractivity contribution >= 4 is 11.9 Å². The molecule has 0 fully saturated rings. The average Bonchev–Trinajstić information content (AvgIpc) is 3.07. The molecular weight excluding hydrogens is 406 g/mol. The van der Waals surface area contributed by atoms with Crippen LogP contribution in [-0.4, -0.2) is 40.6 Å². The minimum Gasteiger partial charge on any atom is -0.458 e. The summed E-state index contributed by atoms with van der Waals surface area (Å²) in [7, 11) is 0. The predicted molar refractivity (Wildman–Crippen MR) is 121 cm³/mol. The maximum absolute atomic E-state index is 13.0. The Morgan fingerprint density at radius 1 is 1.56 bits per heavy atom. The summed E-state index contributed by atoms with van der Waals surface area (Å²) in [6.07, 6.45) is 13.2. The molecule has 0 aromatic carbocycles. The predicted octanol–water partition coefficient (Wildman–Crippen LogP) is 3.56. The first-order valence-corrected chi connectivity index (χ1v) is 12.0.